The fourth-order valence-electron chi connectivity index (χ4n) is 4.52. The lowest BCUT2D eigenvalue weighted by Gasteiger charge is -2.65. The number of hydrogen-bond acceptors (Lipinski definition) is 6. The molecule has 3 aromatic rings. The van der Waals surface area contributed by atoms with Crippen molar-refractivity contribution >= 4 is 60.2 Å². The molecule has 1 saturated heterocycles. The van der Waals surface area contributed by atoms with Crippen LogP contribution in [0.4, 0.5) is 15.9 Å². The van der Waals surface area contributed by atoms with Crippen LogP contribution in [0.25, 0.3) is 16.8 Å². The standard InChI is InChI=1S/C21H16B4FN7O2/c1-10(34)33-19(2,3)18(35)31(20(22,23)21(33,24)25)15-6-11(4-5-13(15)26)14-7-12(8-27)16-17(28)29-9-30-32(14)16/h4-7,9H,1-3H3,(H2,28,29,30). The Morgan fingerprint density at radius 1 is 1.17 bits per heavy atom. The van der Waals surface area contributed by atoms with E-state index in [9.17, 15) is 14.9 Å². The first kappa shape index (κ1) is 24.4. The molecule has 166 valence electrons. The molecule has 14 heteroatoms. The van der Waals surface area contributed by atoms with E-state index in [1.54, 1.807) is 0 Å². The molecule has 0 unspecified atom stereocenters. The van der Waals surface area contributed by atoms with Crippen molar-refractivity contribution in [2.24, 2.45) is 0 Å². The van der Waals surface area contributed by atoms with Gasteiger partial charge in [0.15, 0.2) is 5.82 Å². The normalized spacial score (nSPS) is 18.4. The zero-order valence-corrected chi connectivity index (χ0v) is 19.2. The van der Waals surface area contributed by atoms with Crippen molar-refractivity contribution in [2.45, 2.75) is 37.0 Å². The van der Waals surface area contributed by atoms with E-state index in [0.717, 1.165) is 22.8 Å². The SMILES string of the molecule is [B]C1([B])N(c2cc(-c3cc(C#N)c4c(N)ncnn34)ccc2F)C(=O)C(C)(C)N(C(C)=O)C1([B])[B]. The lowest BCUT2D eigenvalue weighted by Crippen LogP contribution is -2.85. The number of anilines is 2. The quantitative estimate of drug-likeness (QED) is 0.535. The number of nitriles is 1. The monoisotopic (exact) mass is 461 g/mol. The van der Waals surface area contributed by atoms with E-state index in [4.69, 9.17) is 37.1 Å². The zero-order valence-electron chi connectivity index (χ0n) is 19.2. The van der Waals surface area contributed by atoms with Gasteiger partial charge in [0.1, 0.15) is 29.3 Å². The van der Waals surface area contributed by atoms with Crippen molar-refractivity contribution in [3.63, 3.8) is 0 Å². The molecule has 0 saturated carbocycles. The molecule has 1 aliphatic rings. The van der Waals surface area contributed by atoms with Gasteiger partial charge in [-0.3, -0.25) is 9.59 Å². The number of aromatic nitrogens is 3. The van der Waals surface area contributed by atoms with Gasteiger partial charge in [-0.25, -0.2) is 13.9 Å². The maximum absolute atomic E-state index is 15.2. The van der Waals surface area contributed by atoms with Gasteiger partial charge in [0.05, 0.1) is 48.3 Å². The Hall–Kier alpha value is -3.74. The highest BCUT2D eigenvalue weighted by Crippen LogP contribution is 2.42. The lowest BCUT2D eigenvalue weighted by molar-refractivity contribution is -0.150. The van der Waals surface area contributed by atoms with Crippen LogP contribution in [0.15, 0.2) is 30.6 Å². The molecule has 9 nitrogen and oxygen atoms in total. The third-order valence-electron chi connectivity index (χ3n) is 6.17. The minimum Gasteiger partial charge on any atom is -0.382 e. The van der Waals surface area contributed by atoms with Gasteiger partial charge in [0.2, 0.25) is 5.91 Å². The van der Waals surface area contributed by atoms with Crippen molar-refractivity contribution in [3.8, 4) is 17.3 Å². The molecule has 1 aromatic carbocycles. The third-order valence-corrected chi connectivity index (χ3v) is 6.17. The zero-order chi connectivity index (χ0) is 26.1. The van der Waals surface area contributed by atoms with Gasteiger partial charge < -0.3 is 15.5 Å². The number of nitrogen functional groups attached to an aromatic ring is 1. The summed E-state index contributed by atoms with van der Waals surface area (Å²) in [5.74, 6) is -2.25. The summed E-state index contributed by atoms with van der Waals surface area (Å²) >= 11 is 0. The maximum Gasteiger partial charge on any atom is 0.251 e. The van der Waals surface area contributed by atoms with Crippen molar-refractivity contribution in [1.82, 2.24) is 19.5 Å². The van der Waals surface area contributed by atoms with Crippen LogP contribution in [0.3, 0.4) is 0 Å². The lowest BCUT2D eigenvalue weighted by atomic mass is 9.35. The van der Waals surface area contributed by atoms with Crippen LogP contribution < -0.4 is 10.6 Å². The number of piperazine rings is 1. The molecule has 0 atom stereocenters. The summed E-state index contributed by atoms with van der Waals surface area (Å²) < 4.78 is 16.6. The van der Waals surface area contributed by atoms with E-state index in [-0.39, 0.29) is 22.6 Å². The Morgan fingerprint density at radius 3 is 2.43 bits per heavy atom. The predicted molar refractivity (Wildman–Crippen MR) is 130 cm³/mol. The van der Waals surface area contributed by atoms with Crippen LogP contribution in [0.1, 0.15) is 26.3 Å². The number of rotatable bonds is 2. The van der Waals surface area contributed by atoms with Gasteiger partial charge in [-0.1, -0.05) is 0 Å². The van der Waals surface area contributed by atoms with Gasteiger partial charge in [-0.05, 0) is 48.8 Å². The number of halogens is 1. The van der Waals surface area contributed by atoms with Crippen molar-refractivity contribution in [1.29, 1.82) is 5.26 Å². The van der Waals surface area contributed by atoms with E-state index in [2.05, 4.69) is 10.1 Å². The predicted octanol–water partition coefficient (Wildman–Crippen LogP) is -0.0554. The second-order valence-electron chi connectivity index (χ2n) is 8.83. The average Bonchev–Trinajstić information content (AvgIpc) is 3.13. The molecular formula is C21H16B4FN7O2. The Balaban J connectivity index is 1.96. The molecule has 2 amide bonds. The number of carbonyl (C=O) groups excluding carboxylic acids is 2. The van der Waals surface area contributed by atoms with Crippen LogP contribution in [0, 0.1) is 17.1 Å². The summed E-state index contributed by atoms with van der Waals surface area (Å²) in [5, 5.41) is 8.97. The summed E-state index contributed by atoms with van der Waals surface area (Å²) in [5.41, 5.74) is 5.09. The minimum absolute atomic E-state index is 0.0707. The molecule has 0 aliphatic carbocycles. The molecule has 1 fully saturated rings. The number of nitrogens with two attached hydrogens (primary N) is 1. The van der Waals surface area contributed by atoms with Crippen LogP contribution >= 0.6 is 0 Å². The second-order valence-corrected chi connectivity index (χ2v) is 8.83. The molecular weight excluding hydrogens is 445 g/mol. The fourth-order valence-corrected chi connectivity index (χ4v) is 4.52. The summed E-state index contributed by atoms with van der Waals surface area (Å²) in [6, 6.07) is 7.30. The van der Waals surface area contributed by atoms with Crippen molar-refractivity contribution in [2.75, 3.05) is 10.6 Å². The van der Waals surface area contributed by atoms with E-state index < -0.39 is 33.8 Å². The van der Waals surface area contributed by atoms with Crippen LogP contribution in [-0.4, -0.2) is 78.9 Å². The highest BCUT2D eigenvalue weighted by Gasteiger charge is 2.59. The maximum atomic E-state index is 15.2. The first-order valence-corrected chi connectivity index (χ1v) is 10.3. The summed E-state index contributed by atoms with van der Waals surface area (Å²) in [6.07, 6.45) is 1.20. The smallest absolute Gasteiger partial charge is 0.251 e. The Labute approximate surface area is 206 Å². The van der Waals surface area contributed by atoms with E-state index in [1.165, 1.54) is 42.9 Å². The van der Waals surface area contributed by atoms with Gasteiger partial charge >= 0.3 is 0 Å². The van der Waals surface area contributed by atoms with E-state index in [1.807, 2.05) is 6.07 Å². The van der Waals surface area contributed by atoms with Gasteiger partial charge in [-0.15, -0.1) is 0 Å². The second kappa shape index (κ2) is 7.63. The van der Waals surface area contributed by atoms with Gasteiger partial charge in [-0.2, -0.15) is 10.4 Å². The highest BCUT2D eigenvalue weighted by molar-refractivity contribution is 6.58. The molecule has 4 rings (SSSR count). The number of hydrogen-bond donors (Lipinski definition) is 1. The van der Waals surface area contributed by atoms with Crippen molar-refractivity contribution < 1.29 is 14.0 Å². The van der Waals surface area contributed by atoms with Gasteiger partial charge in [0, 0.05) is 12.5 Å². The molecule has 35 heavy (non-hydrogen) atoms. The Morgan fingerprint density at radius 2 is 1.83 bits per heavy atom. The van der Waals surface area contributed by atoms with Crippen LogP contribution in [-0.2, 0) is 9.59 Å². The third kappa shape index (κ3) is 3.25. The van der Waals surface area contributed by atoms with E-state index in [0.29, 0.717) is 11.3 Å². The average molecular weight is 461 g/mol. The Kier molecular flexibility index (Phi) is 5.32. The molecule has 0 bridgehead atoms. The number of fused-ring (bicyclic) bond motifs is 1. The largest absolute Gasteiger partial charge is 0.382 e. The molecule has 2 N–H and O–H groups in total. The molecule has 3 heterocycles. The number of carbonyl (C=O) groups is 2. The Bertz CT molecular complexity index is 1450. The fraction of sp³-hybridized carbons (Fsp3) is 0.286. The summed E-state index contributed by atoms with van der Waals surface area (Å²) in [6.45, 7) is 3.96. The van der Waals surface area contributed by atoms with Crippen molar-refractivity contribution in [3.05, 3.63) is 42.0 Å². The number of benzene rings is 1. The number of amides is 2. The molecule has 0 spiro atoms. The molecule has 1 aliphatic heterocycles. The van der Waals surface area contributed by atoms with Crippen LogP contribution in [0.5, 0.6) is 0 Å². The topological polar surface area (TPSA) is 121 Å². The molecule has 2 aromatic heterocycles. The number of nitrogens with zero attached hydrogens (tertiary/aromatic N) is 6. The van der Waals surface area contributed by atoms with E-state index >= 15 is 4.39 Å². The van der Waals surface area contributed by atoms with Gasteiger partial charge in [0.25, 0.3) is 5.91 Å². The van der Waals surface area contributed by atoms with Crippen LogP contribution in [0.2, 0.25) is 0 Å². The summed E-state index contributed by atoms with van der Waals surface area (Å²) in [4.78, 5) is 31.5. The minimum atomic E-state index is -2.42. The summed E-state index contributed by atoms with van der Waals surface area (Å²) in [7, 11) is 25.0. The highest BCUT2D eigenvalue weighted by atomic mass is 19.1. The first-order chi connectivity index (χ1) is 16.2. The molecule has 8 radical (unpaired) electrons. The first-order valence-electron chi connectivity index (χ1n) is 10.3.